The topological polar surface area (TPSA) is 32.3 Å². The fourth-order valence-corrected chi connectivity index (χ4v) is 2.28. The van der Waals surface area contributed by atoms with Gasteiger partial charge >= 0.3 is 6.03 Å². The third kappa shape index (κ3) is 2.99. The minimum atomic E-state index is 0.0680. The molecule has 0 radical (unpaired) electrons. The van der Waals surface area contributed by atoms with Crippen molar-refractivity contribution >= 4 is 6.03 Å². The van der Waals surface area contributed by atoms with E-state index in [1.807, 2.05) is 24.8 Å². The predicted octanol–water partition coefficient (Wildman–Crippen LogP) is 2.59. The summed E-state index contributed by atoms with van der Waals surface area (Å²) in [6.07, 6.45) is 1.07. The highest BCUT2D eigenvalue weighted by Crippen LogP contribution is 2.26. The van der Waals surface area contributed by atoms with E-state index >= 15 is 0 Å². The third-order valence-electron chi connectivity index (χ3n) is 3.16. The molecule has 92 valence electrons. The first-order valence-corrected chi connectivity index (χ1v) is 6.27. The van der Waals surface area contributed by atoms with Crippen LogP contribution in [0.15, 0.2) is 30.3 Å². The van der Waals surface area contributed by atoms with Crippen molar-refractivity contribution in [3.8, 4) is 0 Å². The summed E-state index contributed by atoms with van der Waals surface area (Å²) in [7, 11) is 0. The summed E-state index contributed by atoms with van der Waals surface area (Å²) in [6, 6.07) is 10.7. The molecule has 0 aliphatic carbocycles. The van der Waals surface area contributed by atoms with Gasteiger partial charge in [0, 0.05) is 25.0 Å². The second kappa shape index (κ2) is 5.21. The van der Waals surface area contributed by atoms with Crippen molar-refractivity contribution in [3.63, 3.8) is 0 Å². The van der Waals surface area contributed by atoms with E-state index in [-0.39, 0.29) is 12.1 Å². The minimum absolute atomic E-state index is 0.0680. The Morgan fingerprint density at radius 3 is 2.71 bits per heavy atom. The number of rotatable bonds is 2. The van der Waals surface area contributed by atoms with E-state index in [9.17, 15) is 4.79 Å². The molecule has 17 heavy (non-hydrogen) atoms. The lowest BCUT2D eigenvalue weighted by molar-refractivity contribution is 0.205. The fraction of sp³-hybridized carbons (Fsp3) is 0.500. The summed E-state index contributed by atoms with van der Waals surface area (Å²) < 4.78 is 0. The van der Waals surface area contributed by atoms with Crippen LogP contribution in [-0.2, 0) is 0 Å². The Labute approximate surface area is 103 Å². The molecular formula is C14H20N2O. The zero-order chi connectivity index (χ0) is 12.3. The number of carbonyl (C=O) groups excluding carboxylic acids is 1. The summed E-state index contributed by atoms with van der Waals surface area (Å²) >= 11 is 0. The molecule has 0 bridgehead atoms. The van der Waals surface area contributed by atoms with Crippen LogP contribution in [0.25, 0.3) is 0 Å². The van der Waals surface area contributed by atoms with Crippen molar-refractivity contribution in [1.29, 1.82) is 0 Å². The highest BCUT2D eigenvalue weighted by Gasteiger charge is 2.27. The lowest BCUT2D eigenvalue weighted by Gasteiger charge is -2.19. The Hall–Kier alpha value is -1.51. The maximum atomic E-state index is 11.8. The van der Waals surface area contributed by atoms with Gasteiger partial charge in [0.2, 0.25) is 0 Å². The van der Waals surface area contributed by atoms with Crippen LogP contribution in [0.1, 0.15) is 31.7 Å². The monoisotopic (exact) mass is 232 g/mol. The van der Waals surface area contributed by atoms with E-state index in [0.29, 0.717) is 5.92 Å². The van der Waals surface area contributed by atoms with Crippen LogP contribution in [0.3, 0.4) is 0 Å². The molecule has 0 saturated carbocycles. The summed E-state index contributed by atoms with van der Waals surface area (Å²) in [4.78, 5) is 13.8. The molecule has 0 unspecified atom stereocenters. The van der Waals surface area contributed by atoms with Gasteiger partial charge in [0.1, 0.15) is 0 Å². The average molecular weight is 232 g/mol. The Morgan fingerprint density at radius 1 is 1.35 bits per heavy atom. The van der Waals surface area contributed by atoms with Gasteiger partial charge in [0.15, 0.2) is 0 Å². The molecule has 0 aromatic heterocycles. The zero-order valence-electron chi connectivity index (χ0n) is 10.5. The standard InChI is InChI=1S/C14H20N2O/c1-11(2)15-14(17)16-9-8-13(10-16)12-6-4-3-5-7-12/h3-7,11,13H,8-10H2,1-2H3,(H,15,17)/t13-/m0/s1. The highest BCUT2D eigenvalue weighted by molar-refractivity contribution is 5.74. The molecule has 1 aliphatic heterocycles. The molecule has 1 fully saturated rings. The van der Waals surface area contributed by atoms with Gasteiger partial charge in [-0.05, 0) is 25.8 Å². The van der Waals surface area contributed by atoms with Gasteiger partial charge in [-0.25, -0.2) is 4.79 Å². The fourth-order valence-electron chi connectivity index (χ4n) is 2.28. The first kappa shape index (κ1) is 12.0. The smallest absolute Gasteiger partial charge is 0.317 e. The molecular weight excluding hydrogens is 212 g/mol. The Morgan fingerprint density at radius 2 is 2.06 bits per heavy atom. The van der Waals surface area contributed by atoms with Crippen LogP contribution < -0.4 is 5.32 Å². The molecule has 1 saturated heterocycles. The second-order valence-corrected chi connectivity index (χ2v) is 4.95. The lowest BCUT2D eigenvalue weighted by Crippen LogP contribution is -2.41. The van der Waals surface area contributed by atoms with Gasteiger partial charge < -0.3 is 10.2 Å². The highest BCUT2D eigenvalue weighted by atomic mass is 16.2. The number of urea groups is 1. The van der Waals surface area contributed by atoms with Crippen molar-refractivity contribution in [2.24, 2.45) is 0 Å². The van der Waals surface area contributed by atoms with Crippen molar-refractivity contribution in [1.82, 2.24) is 10.2 Å². The van der Waals surface area contributed by atoms with Crippen molar-refractivity contribution in [3.05, 3.63) is 35.9 Å². The van der Waals surface area contributed by atoms with E-state index < -0.39 is 0 Å². The van der Waals surface area contributed by atoms with E-state index in [1.54, 1.807) is 0 Å². The number of nitrogens with zero attached hydrogens (tertiary/aromatic N) is 1. The normalized spacial score (nSPS) is 19.7. The molecule has 2 rings (SSSR count). The summed E-state index contributed by atoms with van der Waals surface area (Å²) in [5.74, 6) is 0.495. The van der Waals surface area contributed by atoms with Gasteiger partial charge in [-0.3, -0.25) is 0 Å². The van der Waals surface area contributed by atoms with Crippen molar-refractivity contribution in [2.45, 2.75) is 32.2 Å². The molecule has 1 heterocycles. The maximum Gasteiger partial charge on any atom is 0.317 e. The van der Waals surface area contributed by atoms with Gasteiger partial charge in [-0.2, -0.15) is 0 Å². The molecule has 1 aromatic carbocycles. The van der Waals surface area contributed by atoms with Crippen LogP contribution in [0, 0.1) is 0 Å². The summed E-state index contributed by atoms with van der Waals surface area (Å²) in [5.41, 5.74) is 1.34. The van der Waals surface area contributed by atoms with Gasteiger partial charge in [0.05, 0.1) is 0 Å². The van der Waals surface area contributed by atoms with Crippen LogP contribution >= 0.6 is 0 Å². The quantitative estimate of drug-likeness (QED) is 0.835. The molecule has 1 aliphatic rings. The van der Waals surface area contributed by atoms with E-state index in [1.165, 1.54) is 5.56 Å². The number of hydrogen-bond donors (Lipinski definition) is 1. The van der Waals surface area contributed by atoms with Crippen LogP contribution in [0.4, 0.5) is 4.79 Å². The number of amides is 2. The lowest BCUT2D eigenvalue weighted by atomic mass is 9.99. The minimum Gasteiger partial charge on any atom is -0.336 e. The molecule has 1 aromatic rings. The molecule has 0 spiro atoms. The Kier molecular flexibility index (Phi) is 3.67. The molecule has 1 N–H and O–H groups in total. The van der Waals surface area contributed by atoms with Crippen molar-refractivity contribution < 1.29 is 4.79 Å². The number of carbonyl (C=O) groups is 1. The van der Waals surface area contributed by atoms with E-state index in [0.717, 1.165) is 19.5 Å². The molecule has 1 atom stereocenters. The van der Waals surface area contributed by atoms with Crippen LogP contribution in [0.5, 0.6) is 0 Å². The van der Waals surface area contributed by atoms with Crippen molar-refractivity contribution in [2.75, 3.05) is 13.1 Å². The third-order valence-corrected chi connectivity index (χ3v) is 3.16. The Bertz CT molecular complexity index is 375. The van der Waals surface area contributed by atoms with Gasteiger partial charge in [-0.15, -0.1) is 0 Å². The first-order chi connectivity index (χ1) is 8.16. The van der Waals surface area contributed by atoms with Gasteiger partial charge in [-0.1, -0.05) is 30.3 Å². The zero-order valence-corrected chi connectivity index (χ0v) is 10.5. The molecule has 2 amide bonds. The Balaban J connectivity index is 1.94. The summed E-state index contributed by atoms with van der Waals surface area (Å²) in [5, 5.41) is 2.94. The number of hydrogen-bond acceptors (Lipinski definition) is 1. The molecule has 3 nitrogen and oxygen atoms in total. The largest absolute Gasteiger partial charge is 0.336 e. The van der Waals surface area contributed by atoms with Crippen LogP contribution in [0.2, 0.25) is 0 Å². The number of nitrogens with one attached hydrogen (secondary N) is 1. The average Bonchev–Trinajstić information content (AvgIpc) is 2.78. The SMILES string of the molecule is CC(C)NC(=O)N1CC[C@H](c2ccccc2)C1. The predicted molar refractivity (Wildman–Crippen MR) is 69.0 cm³/mol. The first-order valence-electron chi connectivity index (χ1n) is 6.27. The molecule has 3 heteroatoms. The number of benzene rings is 1. The number of likely N-dealkylation sites (tertiary alicyclic amines) is 1. The second-order valence-electron chi connectivity index (χ2n) is 4.95. The van der Waals surface area contributed by atoms with Crippen LogP contribution in [-0.4, -0.2) is 30.1 Å². The van der Waals surface area contributed by atoms with Gasteiger partial charge in [0.25, 0.3) is 0 Å². The van der Waals surface area contributed by atoms with E-state index in [2.05, 4.69) is 29.6 Å². The van der Waals surface area contributed by atoms with E-state index in [4.69, 9.17) is 0 Å². The summed E-state index contributed by atoms with van der Waals surface area (Å²) in [6.45, 7) is 5.67. The maximum absolute atomic E-state index is 11.8.